The van der Waals surface area contributed by atoms with E-state index in [4.69, 9.17) is 18.9 Å². The van der Waals surface area contributed by atoms with Crippen molar-refractivity contribution in [1.82, 2.24) is 0 Å². The van der Waals surface area contributed by atoms with Crippen LogP contribution in [-0.2, 0) is 33.3 Å². The van der Waals surface area contributed by atoms with Crippen LogP contribution in [0.4, 0.5) is 0 Å². The van der Waals surface area contributed by atoms with Gasteiger partial charge >= 0.3 is 17.9 Å². The molecule has 68 heavy (non-hydrogen) atoms. The van der Waals surface area contributed by atoms with Crippen LogP contribution in [0.25, 0.3) is 0 Å². The second-order valence-electron chi connectivity index (χ2n) is 17.6. The summed E-state index contributed by atoms with van der Waals surface area (Å²) in [6.07, 6.45) is 53.0. The number of carbonyl (C=O) groups is 3. The van der Waals surface area contributed by atoms with Crippen LogP contribution in [-0.4, -0.2) is 88.4 Å². The minimum atomic E-state index is -1.87. The largest absolute Gasteiger partial charge is 0.479 e. The van der Waals surface area contributed by atoms with Gasteiger partial charge in [0.05, 0.1) is 6.61 Å². The van der Waals surface area contributed by atoms with E-state index < -0.39 is 61.3 Å². The second-order valence-corrected chi connectivity index (χ2v) is 17.6. The van der Waals surface area contributed by atoms with Crippen molar-refractivity contribution in [3.63, 3.8) is 0 Å². The summed E-state index contributed by atoms with van der Waals surface area (Å²) >= 11 is 0. The molecule has 0 radical (unpaired) electrons. The number of carboxylic acids is 1. The molecule has 1 saturated heterocycles. The number of carboxylic acid groups (broad SMARTS) is 1. The van der Waals surface area contributed by atoms with Crippen molar-refractivity contribution in [1.29, 1.82) is 0 Å². The van der Waals surface area contributed by atoms with Gasteiger partial charge in [0, 0.05) is 12.8 Å². The standard InChI is InChI=1S/C57H92O11/c1-3-5-7-9-11-13-15-17-19-21-23-25-27-29-31-33-35-37-39-41-43-45-50(58)65-47-49(48-66-57-54(62)52(60)53(61)55(68-57)56(63)64)67-51(59)46-44-42-40-38-36-34-32-30-28-26-24-22-20-18-16-14-12-10-8-6-4-2/h5-8,11-14,17-20,23-26,49,52-55,57,60-62H,3-4,9-10,15-16,21-22,27-48H2,1-2H3,(H,63,64)/b7-5-,8-6-,13-11-,14-12-,19-17-,20-18-,25-23-,26-24-. The zero-order valence-electron chi connectivity index (χ0n) is 42.1. The first-order valence-corrected chi connectivity index (χ1v) is 26.3. The highest BCUT2D eigenvalue weighted by atomic mass is 16.7. The molecule has 1 rings (SSSR count). The maximum atomic E-state index is 12.9. The van der Waals surface area contributed by atoms with E-state index in [0.29, 0.717) is 12.8 Å². The van der Waals surface area contributed by atoms with Crippen molar-refractivity contribution in [2.45, 2.75) is 230 Å². The van der Waals surface area contributed by atoms with E-state index in [1.165, 1.54) is 44.9 Å². The highest BCUT2D eigenvalue weighted by Crippen LogP contribution is 2.23. The van der Waals surface area contributed by atoms with E-state index in [1.807, 2.05) is 0 Å². The zero-order chi connectivity index (χ0) is 49.6. The summed E-state index contributed by atoms with van der Waals surface area (Å²) in [5.74, 6) is -2.47. The minimum absolute atomic E-state index is 0.166. The van der Waals surface area contributed by atoms with E-state index in [9.17, 15) is 34.8 Å². The molecule has 11 heteroatoms. The summed E-state index contributed by atoms with van der Waals surface area (Å²) in [6, 6.07) is 0. The normalized spacial score (nSPS) is 19.7. The zero-order valence-corrected chi connectivity index (χ0v) is 42.1. The Morgan fingerprint density at radius 3 is 1.24 bits per heavy atom. The molecule has 0 aromatic heterocycles. The van der Waals surface area contributed by atoms with E-state index >= 15 is 0 Å². The van der Waals surface area contributed by atoms with Gasteiger partial charge in [0.2, 0.25) is 0 Å². The molecule has 6 unspecified atom stereocenters. The molecule has 0 aromatic carbocycles. The lowest BCUT2D eigenvalue weighted by atomic mass is 9.99. The Labute approximate surface area is 411 Å². The smallest absolute Gasteiger partial charge is 0.335 e. The number of rotatable bonds is 43. The van der Waals surface area contributed by atoms with E-state index in [1.54, 1.807) is 0 Å². The highest BCUT2D eigenvalue weighted by Gasteiger charge is 2.47. The fourth-order valence-electron chi connectivity index (χ4n) is 7.39. The minimum Gasteiger partial charge on any atom is -0.479 e. The van der Waals surface area contributed by atoms with Crippen molar-refractivity contribution >= 4 is 17.9 Å². The predicted octanol–water partition coefficient (Wildman–Crippen LogP) is 12.8. The van der Waals surface area contributed by atoms with E-state index in [0.717, 1.165) is 109 Å². The fraction of sp³-hybridized carbons (Fsp3) is 0.667. The number of aliphatic hydroxyl groups excluding tert-OH is 3. The molecule has 0 amide bonds. The summed E-state index contributed by atoms with van der Waals surface area (Å²) in [5.41, 5.74) is 0. The van der Waals surface area contributed by atoms with Crippen molar-refractivity contribution in [2.24, 2.45) is 0 Å². The van der Waals surface area contributed by atoms with Crippen LogP contribution in [0.2, 0.25) is 0 Å². The van der Waals surface area contributed by atoms with Crippen LogP contribution < -0.4 is 0 Å². The van der Waals surface area contributed by atoms with Crippen molar-refractivity contribution < 1.29 is 53.8 Å². The molecular formula is C57H92O11. The topological polar surface area (TPSA) is 169 Å². The van der Waals surface area contributed by atoms with Crippen molar-refractivity contribution in [3.05, 3.63) is 97.2 Å². The third-order valence-corrected chi connectivity index (χ3v) is 11.4. The van der Waals surface area contributed by atoms with Gasteiger partial charge in [-0.25, -0.2) is 4.79 Å². The number of unbranched alkanes of at least 4 members (excludes halogenated alkanes) is 16. The predicted molar refractivity (Wildman–Crippen MR) is 275 cm³/mol. The molecule has 0 aromatic rings. The Hall–Kier alpha value is -3.87. The monoisotopic (exact) mass is 953 g/mol. The molecule has 0 saturated carbocycles. The molecule has 0 spiro atoms. The number of ether oxygens (including phenoxy) is 4. The third kappa shape index (κ3) is 36.2. The molecule has 0 aliphatic carbocycles. The van der Waals surface area contributed by atoms with Crippen molar-refractivity contribution in [2.75, 3.05) is 13.2 Å². The molecule has 0 bridgehead atoms. The Morgan fingerprint density at radius 1 is 0.456 bits per heavy atom. The summed E-state index contributed by atoms with van der Waals surface area (Å²) in [5, 5.41) is 40.0. The number of aliphatic carboxylic acids is 1. The second kappa shape index (κ2) is 45.6. The van der Waals surface area contributed by atoms with Gasteiger partial charge in [-0.1, -0.05) is 188 Å². The van der Waals surface area contributed by atoms with Gasteiger partial charge in [0.25, 0.3) is 0 Å². The molecule has 1 heterocycles. The van der Waals surface area contributed by atoms with Gasteiger partial charge in [-0.2, -0.15) is 0 Å². The number of carbonyl (C=O) groups excluding carboxylic acids is 2. The first kappa shape index (κ1) is 62.1. The van der Waals surface area contributed by atoms with Gasteiger partial charge in [-0.05, 0) is 89.9 Å². The number of hydrogen-bond donors (Lipinski definition) is 4. The molecule has 1 aliphatic rings. The molecule has 11 nitrogen and oxygen atoms in total. The van der Waals surface area contributed by atoms with Crippen molar-refractivity contribution in [3.8, 4) is 0 Å². The highest BCUT2D eigenvalue weighted by molar-refractivity contribution is 5.73. The summed E-state index contributed by atoms with van der Waals surface area (Å²) in [7, 11) is 0. The molecule has 1 fully saturated rings. The number of hydrogen-bond acceptors (Lipinski definition) is 10. The summed E-state index contributed by atoms with van der Waals surface area (Å²) in [4.78, 5) is 37.1. The third-order valence-electron chi connectivity index (χ3n) is 11.4. The van der Waals surface area contributed by atoms with Crippen LogP contribution in [0.1, 0.15) is 194 Å². The first-order chi connectivity index (χ1) is 33.2. The van der Waals surface area contributed by atoms with Crippen LogP contribution in [0, 0.1) is 0 Å². The first-order valence-electron chi connectivity index (χ1n) is 26.3. The summed E-state index contributed by atoms with van der Waals surface area (Å²) in [6.45, 7) is 3.59. The maximum absolute atomic E-state index is 12.9. The maximum Gasteiger partial charge on any atom is 0.335 e. The number of aliphatic hydroxyl groups is 3. The lowest BCUT2D eigenvalue weighted by Gasteiger charge is -2.38. The van der Waals surface area contributed by atoms with Gasteiger partial charge in [0.15, 0.2) is 18.5 Å². The molecule has 386 valence electrons. The average Bonchev–Trinajstić information content (AvgIpc) is 3.32. The van der Waals surface area contributed by atoms with Gasteiger partial charge in [-0.15, -0.1) is 0 Å². The van der Waals surface area contributed by atoms with Crippen LogP contribution >= 0.6 is 0 Å². The van der Waals surface area contributed by atoms with Crippen LogP contribution in [0.5, 0.6) is 0 Å². The van der Waals surface area contributed by atoms with Gasteiger partial charge in [0.1, 0.15) is 24.9 Å². The number of allylic oxidation sites excluding steroid dienone is 16. The lowest BCUT2D eigenvalue weighted by Crippen LogP contribution is -2.60. The molecule has 4 N–H and O–H groups in total. The quantitative estimate of drug-likeness (QED) is 0.0261. The van der Waals surface area contributed by atoms with Crippen LogP contribution in [0.15, 0.2) is 97.2 Å². The molecular weight excluding hydrogens is 861 g/mol. The van der Waals surface area contributed by atoms with Crippen LogP contribution in [0.3, 0.4) is 0 Å². The van der Waals surface area contributed by atoms with Gasteiger partial charge < -0.3 is 39.4 Å². The number of esters is 2. The SMILES string of the molecule is CC/C=C\C/C=C\C/C=C\C/C=C\CCCCCCCCCCC(=O)OCC(COC1OC(C(=O)O)C(O)C(O)C1O)OC(=O)CCCCCCCCCC/C=C\C/C=C\C/C=C\C/C=C\CC. The van der Waals surface area contributed by atoms with Gasteiger partial charge in [-0.3, -0.25) is 9.59 Å². The Morgan fingerprint density at radius 2 is 0.824 bits per heavy atom. The Bertz CT molecular complexity index is 1490. The average molecular weight is 953 g/mol. The molecule has 6 atom stereocenters. The fourth-order valence-corrected chi connectivity index (χ4v) is 7.39. The van der Waals surface area contributed by atoms with E-state index in [2.05, 4.69) is 111 Å². The molecule has 1 aliphatic heterocycles. The summed E-state index contributed by atoms with van der Waals surface area (Å²) < 4.78 is 21.8. The lowest BCUT2D eigenvalue weighted by molar-refractivity contribution is -0.298. The Kier molecular flexibility index (Phi) is 41.6. The Balaban J connectivity index is 2.31. The van der Waals surface area contributed by atoms with E-state index in [-0.39, 0.29) is 19.4 Å².